The van der Waals surface area contributed by atoms with Crippen LogP contribution in [0.15, 0.2) is 30.6 Å². The van der Waals surface area contributed by atoms with E-state index in [1.165, 1.54) is 23.0 Å². The first-order valence-electron chi connectivity index (χ1n) is 6.53. The van der Waals surface area contributed by atoms with Crippen molar-refractivity contribution in [1.29, 1.82) is 0 Å². The van der Waals surface area contributed by atoms with Crippen LogP contribution in [0.4, 0.5) is 14.6 Å². The van der Waals surface area contributed by atoms with Crippen LogP contribution in [0.25, 0.3) is 5.78 Å². The molecule has 0 atom stereocenters. The molecule has 3 rings (SSSR count). The zero-order chi connectivity index (χ0) is 15.7. The van der Waals surface area contributed by atoms with E-state index in [0.717, 1.165) is 16.8 Å². The number of hydrogen-bond donors (Lipinski definition) is 1. The van der Waals surface area contributed by atoms with Crippen LogP contribution in [0.3, 0.4) is 0 Å². The molecule has 0 aliphatic carbocycles. The maximum absolute atomic E-state index is 12.1. The van der Waals surface area contributed by atoms with Gasteiger partial charge in [0, 0.05) is 17.7 Å². The molecule has 3 aromatic rings. The van der Waals surface area contributed by atoms with Gasteiger partial charge in [0.1, 0.15) is 17.9 Å². The molecule has 0 fully saturated rings. The molecule has 0 saturated heterocycles. The highest BCUT2D eigenvalue weighted by Crippen LogP contribution is 2.22. The van der Waals surface area contributed by atoms with Crippen LogP contribution in [0, 0.1) is 6.92 Å². The lowest BCUT2D eigenvalue weighted by atomic mass is 10.0. The predicted molar refractivity (Wildman–Crippen MR) is 75.8 cm³/mol. The molecular formula is C14H13F2N5O. The van der Waals surface area contributed by atoms with Gasteiger partial charge in [-0.1, -0.05) is 12.1 Å². The number of hydrogen-bond acceptors (Lipinski definition) is 5. The largest absolute Gasteiger partial charge is 0.435 e. The van der Waals surface area contributed by atoms with Gasteiger partial charge in [0.2, 0.25) is 0 Å². The first-order valence-corrected chi connectivity index (χ1v) is 6.53. The lowest BCUT2D eigenvalue weighted by Gasteiger charge is -2.10. The van der Waals surface area contributed by atoms with Crippen molar-refractivity contribution in [3.05, 3.63) is 47.4 Å². The highest BCUT2D eigenvalue weighted by atomic mass is 19.3. The summed E-state index contributed by atoms with van der Waals surface area (Å²) in [4.78, 5) is 8.34. The number of benzene rings is 1. The van der Waals surface area contributed by atoms with E-state index in [9.17, 15) is 8.78 Å². The molecule has 6 nitrogen and oxygen atoms in total. The Balaban J connectivity index is 1.89. The van der Waals surface area contributed by atoms with E-state index in [2.05, 4.69) is 19.8 Å². The Morgan fingerprint density at radius 3 is 2.68 bits per heavy atom. The van der Waals surface area contributed by atoms with Gasteiger partial charge in [-0.3, -0.25) is 0 Å². The van der Waals surface area contributed by atoms with Gasteiger partial charge in [0.15, 0.2) is 0 Å². The van der Waals surface area contributed by atoms with Gasteiger partial charge in [-0.2, -0.15) is 23.4 Å². The van der Waals surface area contributed by atoms with E-state index in [1.54, 1.807) is 12.1 Å². The molecule has 22 heavy (non-hydrogen) atoms. The fraction of sp³-hybridized carbons (Fsp3) is 0.214. The molecule has 0 amide bonds. The number of aromatic nitrogens is 4. The standard InChI is InChI=1S/C14H13F2N5O/c1-8-11(12(17)21-14(20-8)18-7-19-21)6-9-2-4-10(5-3-9)22-13(15)16/h2-5,7,13H,6,17H2,1H3. The molecule has 0 aliphatic heterocycles. The summed E-state index contributed by atoms with van der Waals surface area (Å²) in [5, 5.41) is 4.02. The second kappa shape index (κ2) is 5.55. The summed E-state index contributed by atoms with van der Waals surface area (Å²) in [6, 6.07) is 6.41. The number of ether oxygens (including phenoxy) is 1. The van der Waals surface area contributed by atoms with E-state index < -0.39 is 6.61 Å². The number of halogens is 2. The topological polar surface area (TPSA) is 78.3 Å². The molecule has 2 heterocycles. The average molecular weight is 305 g/mol. The van der Waals surface area contributed by atoms with Crippen LogP contribution in [0.5, 0.6) is 5.75 Å². The number of fused-ring (bicyclic) bond motifs is 1. The summed E-state index contributed by atoms with van der Waals surface area (Å²) in [7, 11) is 0. The highest BCUT2D eigenvalue weighted by Gasteiger charge is 2.12. The number of aryl methyl sites for hydroxylation is 1. The number of anilines is 1. The first kappa shape index (κ1) is 14.2. The number of nitrogens with two attached hydrogens (primary N) is 1. The van der Waals surface area contributed by atoms with Crippen molar-refractivity contribution < 1.29 is 13.5 Å². The first-order chi connectivity index (χ1) is 10.5. The van der Waals surface area contributed by atoms with Crippen LogP contribution in [0.1, 0.15) is 16.8 Å². The number of nitrogens with zero attached hydrogens (tertiary/aromatic N) is 4. The lowest BCUT2D eigenvalue weighted by Crippen LogP contribution is -2.09. The summed E-state index contributed by atoms with van der Waals surface area (Å²) in [6.45, 7) is -0.989. The third-order valence-electron chi connectivity index (χ3n) is 3.30. The summed E-state index contributed by atoms with van der Waals surface area (Å²) < 4.78 is 30.0. The van der Waals surface area contributed by atoms with Crippen LogP contribution >= 0.6 is 0 Å². The van der Waals surface area contributed by atoms with Crippen molar-refractivity contribution >= 4 is 11.6 Å². The molecule has 0 bridgehead atoms. The molecule has 0 aliphatic rings. The van der Waals surface area contributed by atoms with Crippen molar-refractivity contribution in [1.82, 2.24) is 19.6 Å². The van der Waals surface area contributed by atoms with E-state index in [0.29, 0.717) is 18.0 Å². The van der Waals surface area contributed by atoms with Gasteiger partial charge in [-0.05, 0) is 24.6 Å². The molecule has 0 spiro atoms. The quantitative estimate of drug-likeness (QED) is 0.799. The van der Waals surface area contributed by atoms with Gasteiger partial charge >= 0.3 is 6.61 Å². The normalized spacial score (nSPS) is 11.3. The van der Waals surface area contributed by atoms with E-state index in [4.69, 9.17) is 5.73 Å². The van der Waals surface area contributed by atoms with Crippen molar-refractivity contribution in [3.63, 3.8) is 0 Å². The fourth-order valence-electron chi connectivity index (χ4n) is 2.22. The third-order valence-corrected chi connectivity index (χ3v) is 3.30. The maximum atomic E-state index is 12.1. The smallest absolute Gasteiger partial charge is 0.387 e. The molecule has 0 radical (unpaired) electrons. The molecule has 8 heteroatoms. The Morgan fingerprint density at radius 1 is 1.27 bits per heavy atom. The zero-order valence-corrected chi connectivity index (χ0v) is 11.7. The maximum Gasteiger partial charge on any atom is 0.387 e. The molecule has 2 N–H and O–H groups in total. The second-order valence-electron chi connectivity index (χ2n) is 4.73. The molecule has 114 valence electrons. The van der Waals surface area contributed by atoms with Crippen molar-refractivity contribution in [3.8, 4) is 5.75 Å². The number of alkyl halides is 2. The van der Waals surface area contributed by atoms with Gasteiger partial charge in [0.05, 0.1) is 0 Å². The van der Waals surface area contributed by atoms with Crippen LogP contribution in [-0.2, 0) is 6.42 Å². The van der Waals surface area contributed by atoms with Crippen LogP contribution in [0.2, 0.25) is 0 Å². The summed E-state index contributed by atoms with van der Waals surface area (Å²) in [5.74, 6) is 1.03. The van der Waals surface area contributed by atoms with Crippen LogP contribution in [-0.4, -0.2) is 26.2 Å². The minimum absolute atomic E-state index is 0.119. The third kappa shape index (κ3) is 2.67. The minimum atomic E-state index is -2.83. The van der Waals surface area contributed by atoms with E-state index >= 15 is 0 Å². The van der Waals surface area contributed by atoms with Gasteiger partial charge in [-0.15, -0.1) is 0 Å². The van der Waals surface area contributed by atoms with Crippen molar-refractivity contribution in [2.75, 3.05) is 5.73 Å². The monoisotopic (exact) mass is 305 g/mol. The zero-order valence-electron chi connectivity index (χ0n) is 11.7. The average Bonchev–Trinajstić information content (AvgIpc) is 2.93. The lowest BCUT2D eigenvalue weighted by molar-refractivity contribution is -0.0498. The van der Waals surface area contributed by atoms with E-state index in [1.807, 2.05) is 6.92 Å². The Labute approximate surface area is 124 Å². The SMILES string of the molecule is Cc1nc2ncnn2c(N)c1Cc1ccc(OC(F)F)cc1. The van der Waals surface area contributed by atoms with Gasteiger partial charge < -0.3 is 10.5 Å². The van der Waals surface area contributed by atoms with Crippen molar-refractivity contribution in [2.45, 2.75) is 20.0 Å². The molecular weight excluding hydrogens is 292 g/mol. The summed E-state index contributed by atoms with van der Waals surface area (Å²) in [6.07, 6.45) is 1.90. The van der Waals surface area contributed by atoms with Gasteiger partial charge in [0.25, 0.3) is 5.78 Å². The minimum Gasteiger partial charge on any atom is -0.435 e. The van der Waals surface area contributed by atoms with E-state index in [-0.39, 0.29) is 5.75 Å². The Kier molecular flexibility index (Phi) is 3.58. The van der Waals surface area contributed by atoms with Gasteiger partial charge in [-0.25, -0.2) is 4.98 Å². The molecule has 2 aromatic heterocycles. The van der Waals surface area contributed by atoms with Crippen LogP contribution < -0.4 is 10.5 Å². The molecule has 0 saturated carbocycles. The number of nitrogen functional groups attached to an aromatic ring is 1. The van der Waals surface area contributed by atoms with Crippen molar-refractivity contribution in [2.24, 2.45) is 0 Å². The molecule has 0 unspecified atom stereocenters. The number of rotatable bonds is 4. The highest BCUT2D eigenvalue weighted by molar-refractivity contribution is 5.51. The summed E-state index contributed by atoms with van der Waals surface area (Å²) in [5.41, 5.74) is 8.58. The second-order valence-corrected chi connectivity index (χ2v) is 4.73. The predicted octanol–water partition coefficient (Wildman–Crippen LogP) is 2.21. The molecule has 1 aromatic carbocycles. The summed E-state index contributed by atoms with van der Waals surface area (Å²) >= 11 is 0. The Bertz CT molecular complexity index is 801. The Morgan fingerprint density at radius 2 is 2.00 bits per heavy atom. The Hall–Kier alpha value is -2.77. The fourth-order valence-corrected chi connectivity index (χ4v) is 2.22.